The molecule has 0 saturated carbocycles. The predicted molar refractivity (Wildman–Crippen MR) is 88.6 cm³/mol. The third-order valence-corrected chi connectivity index (χ3v) is 3.58. The molecule has 0 fully saturated rings. The Bertz CT molecular complexity index is 605. The van der Waals surface area contributed by atoms with Crippen molar-refractivity contribution in [1.82, 2.24) is 0 Å². The average Bonchev–Trinajstić information content (AvgIpc) is 2.52. The summed E-state index contributed by atoms with van der Waals surface area (Å²) in [6.45, 7) is 2.19. The molecule has 0 unspecified atom stereocenters. The maximum absolute atomic E-state index is 12.4. The van der Waals surface area contributed by atoms with Gasteiger partial charge in [-0.05, 0) is 48.7 Å². The van der Waals surface area contributed by atoms with Gasteiger partial charge in [-0.15, -0.1) is 0 Å². The lowest BCUT2D eigenvalue weighted by molar-refractivity contribution is 0.0993. The minimum atomic E-state index is -0.0522. The highest BCUT2D eigenvalue weighted by Crippen LogP contribution is 2.18. The van der Waals surface area contributed by atoms with Crippen LogP contribution in [-0.2, 0) is 6.42 Å². The number of benzene rings is 2. The molecule has 0 saturated heterocycles. The largest absolute Gasteiger partial charge is 0.399 e. The van der Waals surface area contributed by atoms with E-state index in [9.17, 15) is 4.79 Å². The van der Waals surface area contributed by atoms with Crippen LogP contribution in [0.3, 0.4) is 0 Å². The van der Waals surface area contributed by atoms with Gasteiger partial charge in [0.1, 0.15) is 0 Å². The fraction of sp³-hybridized carbons (Fsp3) is 0.278. The summed E-state index contributed by atoms with van der Waals surface area (Å²) >= 11 is 0. The van der Waals surface area contributed by atoms with Crippen molar-refractivity contribution in [3.05, 3.63) is 59.7 Å². The summed E-state index contributed by atoms with van der Waals surface area (Å²) in [5.74, 6) is -0.0522. The van der Waals surface area contributed by atoms with E-state index in [4.69, 9.17) is 5.73 Å². The lowest BCUT2D eigenvalue weighted by Gasteiger charge is -2.18. The Morgan fingerprint density at radius 3 is 2.48 bits per heavy atom. The Kier molecular flexibility index (Phi) is 4.99. The van der Waals surface area contributed by atoms with Crippen molar-refractivity contribution in [2.24, 2.45) is 0 Å². The molecule has 0 heterocycles. The fourth-order valence-electron chi connectivity index (χ4n) is 2.25. The van der Waals surface area contributed by atoms with Crippen LogP contribution in [0.25, 0.3) is 0 Å². The van der Waals surface area contributed by atoms with Crippen molar-refractivity contribution >= 4 is 17.3 Å². The monoisotopic (exact) mass is 282 g/mol. The topological polar surface area (TPSA) is 46.3 Å². The summed E-state index contributed by atoms with van der Waals surface area (Å²) in [7, 11) is 1.78. The van der Waals surface area contributed by atoms with E-state index in [1.165, 1.54) is 18.4 Å². The van der Waals surface area contributed by atoms with Gasteiger partial charge in [0.05, 0.1) is 0 Å². The zero-order chi connectivity index (χ0) is 15.2. The van der Waals surface area contributed by atoms with Crippen LogP contribution >= 0.6 is 0 Å². The Morgan fingerprint density at radius 1 is 1.14 bits per heavy atom. The number of nitrogens with zero attached hydrogens (tertiary/aromatic N) is 1. The number of hydrogen-bond acceptors (Lipinski definition) is 2. The van der Waals surface area contributed by atoms with Gasteiger partial charge in [0.25, 0.3) is 5.91 Å². The van der Waals surface area contributed by atoms with Gasteiger partial charge in [0.2, 0.25) is 0 Å². The van der Waals surface area contributed by atoms with E-state index in [-0.39, 0.29) is 5.91 Å². The van der Waals surface area contributed by atoms with E-state index in [1.807, 2.05) is 12.1 Å². The second-order valence-electron chi connectivity index (χ2n) is 5.26. The number of hydrogen-bond donors (Lipinski definition) is 1. The lowest BCUT2D eigenvalue weighted by Crippen LogP contribution is -2.26. The SMILES string of the molecule is CCCCc1ccc(N(C)C(=O)c2cccc(N)c2)cc1. The van der Waals surface area contributed by atoms with Crippen LogP contribution in [0.4, 0.5) is 11.4 Å². The smallest absolute Gasteiger partial charge is 0.258 e. The summed E-state index contributed by atoms with van der Waals surface area (Å²) in [4.78, 5) is 14.1. The van der Waals surface area contributed by atoms with Gasteiger partial charge in [0.15, 0.2) is 0 Å². The van der Waals surface area contributed by atoms with Crippen molar-refractivity contribution in [3.8, 4) is 0 Å². The van der Waals surface area contributed by atoms with Gasteiger partial charge in [-0.3, -0.25) is 4.79 Å². The van der Waals surface area contributed by atoms with Crippen LogP contribution in [0, 0.1) is 0 Å². The first-order valence-corrected chi connectivity index (χ1v) is 7.34. The molecular formula is C18H22N2O. The molecule has 0 spiro atoms. The normalized spacial score (nSPS) is 10.4. The maximum atomic E-state index is 12.4. The molecule has 0 radical (unpaired) electrons. The minimum absolute atomic E-state index is 0.0522. The van der Waals surface area contributed by atoms with Crippen molar-refractivity contribution in [1.29, 1.82) is 0 Å². The quantitative estimate of drug-likeness (QED) is 0.846. The second kappa shape index (κ2) is 6.93. The molecule has 0 aliphatic rings. The van der Waals surface area contributed by atoms with E-state index in [2.05, 4.69) is 19.1 Å². The molecule has 1 amide bonds. The molecular weight excluding hydrogens is 260 g/mol. The van der Waals surface area contributed by atoms with Gasteiger partial charge < -0.3 is 10.6 Å². The van der Waals surface area contributed by atoms with Gasteiger partial charge in [-0.2, -0.15) is 0 Å². The Morgan fingerprint density at radius 2 is 1.86 bits per heavy atom. The summed E-state index contributed by atoms with van der Waals surface area (Å²) in [5.41, 5.74) is 9.14. The molecule has 0 aliphatic carbocycles. The van der Waals surface area contributed by atoms with E-state index in [0.29, 0.717) is 11.3 Å². The molecule has 0 aliphatic heterocycles. The van der Waals surface area contributed by atoms with Gasteiger partial charge in [0, 0.05) is 24.0 Å². The molecule has 3 heteroatoms. The molecule has 0 aromatic heterocycles. The van der Waals surface area contributed by atoms with Crippen LogP contribution in [0.2, 0.25) is 0 Å². The molecule has 2 rings (SSSR count). The highest BCUT2D eigenvalue weighted by atomic mass is 16.2. The first-order valence-electron chi connectivity index (χ1n) is 7.34. The van der Waals surface area contributed by atoms with E-state index >= 15 is 0 Å². The number of carbonyl (C=O) groups excluding carboxylic acids is 1. The van der Waals surface area contributed by atoms with Crippen LogP contribution in [-0.4, -0.2) is 13.0 Å². The highest BCUT2D eigenvalue weighted by molar-refractivity contribution is 6.06. The Labute approximate surface area is 126 Å². The molecule has 2 aromatic rings. The van der Waals surface area contributed by atoms with Gasteiger partial charge in [-0.1, -0.05) is 31.5 Å². The molecule has 2 aromatic carbocycles. The summed E-state index contributed by atoms with van der Waals surface area (Å²) in [5, 5.41) is 0. The fourth-order valence-corrected chi connectivity index (χ4v) is 2.25. The second-order valence-corrected chi connectivity index (χ2v) is 5.26. The molecule has 2 N–H and O–H groups in total. The van der Waals surface area contributed by atoms with Crippen molar-refractivity contribution in [2.45, 2.75) is 26.2 Å². The third kappa shape index (κ3) is 3.85. The third-order valence-electron chi connectivity index (χ3n) is 3.58. The number of unbranched alkanes of at least 4 members (excludes halogenated alkanes) is 1. The van der Waals surface area contributed by atoms with Gasteiger partial charge in [-0.25, -0.2) is 0 Å². The van der Waals surface area contributed by atoms with Crippen LogP contribution in [0.15, 0.2) is 48.5 Å². The van der Waals surface area contributed by atoms with Crippen molar-refractivity contribution in [3.63, 3.8) is 0 Å². The molecule has 0 atom stereocenters. The van der Waals surface area contributed by atoms with E-state index < -0.39 is 0 Å². The maximum Gasteiger partial charge on any atom is 0.258 e. The van der Waals surface area contributed by atoms with E-state index in [1.54, 1.807) is 36.2 Å². The number of nitrogens with two attached hydrogens (primary N) is 1. The number of aryl methyl sites for hydroxylation is 1. The number of rotatable bonds is 5. The van der Waals surface area contributed by atoms with Crippen molar-refractivity contribution in [2.75, 3.05) is 17.7 Å². The lowest BCUT2D eigenvalue weighted by atomic mass is 10.1. The summed E-state index contributed by atoms with van der Waals surface area (Å²) in [6, 6.07) is 15.2. The Hall–Kier alpha value is -2.29. The minimum Gasteiger partial charge on any atom is -0.399 e. The number of nitrogen functional groups attached to an aromatic ring is 1. The standard InChI is InChI=1S/C18H22N2O/c1-3-4-6-14-9-11-17(12-10-14)20(2)18(21)15-7-5-8-16(19)13-15/h5,7-13H,3-4,6,19H2,1-2H3. The van der Waals surface area contributed by atoms with Crippen molar-refractivity contribution < 1.29 is 4.79 Å². The number of amides is 1. The average molecular weight is 282 g/mol. The van der Waals surface area contributed by atoms with Gasteiger partial charge >= 0.3 is 0 Å². The zero-order valence-electron chi connectivity index (χ0n) is 12.7. The molecule has 110 valence electrons. The molecule has 21 heavy (non-hydrogen) atoms. The zero-order valence-corrected chi connectivity index (χ0v) is 12.7. The summed E-state index contributed by atoms with van der Waals surface area (Å²) in [6.07, 6.45) is 3.47. The highest BCUT2D eigenvalue weighted by Gasteiger charge is 2.13. The first kappa shape index (κ1) is 15.1. The molecule has 0 bridgehead atoms. The number of anilines is 2. The summed E-state index contributed by atoms with van der Waals surface area (Å²) < 4.78 is 0. The van der Waals surface area contributed by atoms with Crippen LogP contribution in [0.1, 0.15) is 35.7 Å². The first-order chi connectivity index (χ1) is 10.1. The molecule has 3 nitrogen and oxygen atoms in total. The Balaban J connectivity index is 2.12. The predicted octanol–water partition coefficient (Wildman–Crippen LogP) is 3.89. The van der Waals surface area contributed by atoms with E-state index in [0.717, 1.165) is 12.1 Å². The van der Waals surface area contributed by atoms with Crippen LogP contribution in [0.5, 0.6) is 0 Å². The number of carbonyl (C=O) groups is 1. The van der Waals surface area contributed by atoms with Crippen LogP contribution < -0.4 is 10.6 Å².